The van der Waals surface area contributed by atoms with E-state index in [2.05, 4.69) is 26.1 Å². The van der Waals surface area contributed by atoms with Crippen molar-refractivity contribution >= 4 is 0 Å². The normalized spacial score (nSPS) is 42.9. The summed E-state index contributed by atoms with van der Waals surface area (Å²) in [6.45, 7) is 8.27. The average molecular weight is 292 g/mol. The summed E-state index contributed by atoms with van der Waals surface area (Å²) in [6, 6.07) is 0.650. The smallest absolute Gasteiger partial charge is 0.00104 e. The van der Waals surface area contributed by atoms with Crippen LogP contribution in [0.5, 0.6) is 0 Å². The maximum Gasteiger partial charge on any atom is 0.00104 e. The summed E-state index contributed by atoms with van der Waals surface area (Å²) in [7, 11) is 0. The molecule has 0 spiro atoms. The summed E-state index contributed by atoms with van der Waals surface area (Å²) in [5, 5.41) is 3.74. The Morgan fingerprint density at radius 2 is 1.76 bits per heavy atom. The minimum Gasteiger partial charge on any atom is -0.314 e. The molecule has 3 saturated carbocycles. The molecule has 0 radical (unpaired) electrons. The van der Waals surface area contributed by atoms with Gasteiger partial charge in [-0.05, 0) is 80.6 Å². The monoisotopic (exact) mass is 291 g/mol. The molecule has 1 nitrogen and oxygen atoms in total. The minimum absolute atomic E-state index is 0.650. The Kier molecular flexibility index (Phi) is 5.30. The van der Waals surface area contributed by atoms with Gasteiger partial charge in [0.25, 0.3) is 0 Å². The topological polar surface area (TPSA) is 12.0 Å². The first-order valence-corrected chi connectivity index (χ1v) is 9.89. The van der Waals surface area contributed by atoms with Crippen molar-refractivity contribution in [1.82, 2.24) is 5.32 Å². The summed E-state index contributed by atoms with van der Waals surface area (Å²) < 4.78 is 0. The molecule has 3 aliphatic rings. The highest BCUT2D eigenvalue weighted by Crippen LogP contribution is 2.52. The van der Waals surface area contributed by atoms with Gasteiger partial charge >= 0.3 is 0 Å². The van der Waals surface area contributed by atoms with Crippen molar-refractivity contribution in [3.05, 3.63) is 0 Å². The lowest BCUT2D eigenvalue weighted by Gasteiger charge is -2.39. The molecule has 1 N–H and O–H groups in total. The van der Waals surface area contributed by atoms with Gasteiger partial charge in [-0.2, -0.15) is 0 Å². The highest BCUT2D eigenvalue weighted by molar-refractivity contribution is 4.93. The van der Waals surface area contributed by atoms with E-state index in [0.717, 1.165) is 35.5 Å². The lowest BCUT2D eigenvalue weighted by Crippen LogP contribution is -2.37. The average Bonchev–Trinajstić information content (AvgIpc) is 3.08. The number of nitrogens with one attached hydrogen (secondary N) is 1. The van der Waals surface area contributed by atoms with Crippen LogP contribution in [0.1, 0.15) is 78.6 Å². The van der Waals surface area contributed by atoms with E-state index in [0.29, 0.717) is 6.04 Å². The van der Waals surface area contributed by atoms with Crippen molar-refractivity contribution in [2.45, 2.75) is 84.6 Å². The van der Waals surface area contributed by atoms with E-state index in [9.17, 15) is 0 Å². The van der Waals surface area contributed by atoms with Gasteiger partial charge in [0.1, 0.15) is 0 Å². The van der Waals surface area contributed by atoms with Gasteiger partial charge in [0.2, 0.25) is 0 Å². The second-order valence-electron chi connectivity index (χ2n) is 8.84. The van der Waals surface area contributed by atoms with Crippen LogP contribution in [0.25, 0.3) is 0 Å². The third-order valence-corrected chi connectivity index (χ3v) is 7.10. The van der Waals surface area contributed by atoms with E-state index in [-0.39, 0.29) is 0 Å². The molecule has 0 saturated heterocycles. The lowest BCUT2D eigenvalue weighted by molar-refractivity contribution is 0.127. The number of rotatable bonds is 6. The predicted octanol–water partition coefficient (Wildman–Crippen LogP) is 5.25. The standard InChI is InChI=1S/C20H37N/c1-4-15-5-8-18(13-21-14(2)3)20(9-15)12-19-11-16-6-7-17(19)10-16/h14-21H,4-13H2,1-3H3. The lowest BCUT2D eigenvalue weighted by atomic mass is 9.68. The van der Waals surface area contributed by atoms with Crippen molar-refractivity contribution in [3.8, 4) is 0 Å². The van der Waals surface area contributed by atoms with E-state index >= 15 is 0 Å². The first kappa shape index (κ1) is 15.8. The van der Waals surface area contributed by atoms with Gasteiger partial charge in [0, 0.05) is 6.04 Å². The molecule has 3 fully saturated rings. The van der Waals surface area contributed by atoms with Gasteiger partial charge in [-0.15, -0.1) is 0 Å². The third-order valence-electron chi connectivity index (χ3n) is 7.10. The summed E-state index contributed by atoms with van der Waals surface area (Å²) >= 11 is 0. The molecular weight excluding hydrogens is 254 g/mol. The quantitative estimate of drug-likeness (QED) is 0.704. The van der Waals surface area contributed by atoms with E-state index in [1.807, 2.05) is 0 Å². The summed E-state index contributed by atoms with van der Waals surface area (Å²) in [6.07, 6.45) is 13.8. The summed E-state index contributed by atoms with van der Waals surface area (Å²) in [5.41, 5.74) is 0. The zero-order chi connectivity index (χ0) is 14.8. The fraction of sp³-hybridized carbons (Fsp3) is 1.00. The molecule has 3 aliphatic carbocycles. The molecule has 1 heteroatoms. The van der Waals surface area contributed by atoms with Crippen LogP contribution in [0.2, 0.25) is 0 Å². The Labute approximate surface area is 132 Å². The summed E-state index contributed by atoms with van der Waals surface area (Å²) in [5.74, 6) is 6.37. The molecule has 0 aromatic rings. The van der Waals surface area contributed by atoms with Crippen LogP contribution in [0.4, 0.5) is 0 Å². The van der Waals surface area contributed by atoms with Crippen molar-refractivity contribution in [2.24, 2.45) is 35.5 Å². The first-order chi connectivity index (χ1) is 10.2. The highest BCUT2D eigenvalue weighted by Gasteiger charge is 2.41. The van der Waals surface area contributed by atoms with Crippen LogP contribution in [0, 0.1) is 35.5 Å². The first-order valence-electron chi connectivity index (χ1n) is 9.89. The van der Waals surface area contributed by atoms with E-state index in [1.54, 1.807) is 32.1 Å². The van der Waals surface area contributed by atoms with Crippen molar-refractivity contribution in [3.63, 3.8) is 0 Å². The van der Waals surface area contributed by atoms with E-state index < -0.39 is 0 Å². The van der Waals surface area contributed by atoms with Crippen LogP contribution in [-0.2, 0) is 0 Å². The van der Waals surface area contributed by atoms with Gasteiger partial charge in [0.15, 0.2) is 0 Å². The Balaban J connectivity index is 1.57. The molecule has 6 atom stereocenters. The molecule has 21 heavy (non-hydrogen) atoms. The van der Waals surface area contributed by atoms with Gasteiger partial charge in [-0.3, -0.25) is 0 Å². The van der Waals surface area contributed by atoms with Gasteiger partial charge < -0.3 is 5.32 Å². The largest absolute Gasteiger partial charge is 0.314 e. The van der Waals surface area contributed by atoms with Crippen LogP contribution in [-0.4, -0.2) is 12.6 Å². The zero-order valence-corrected chi connectivity index (χ0v) is 14.6. The molecule has 0 heterocycles. The predicted molar refractivity (Wildman–Crippen MR) is 91.3 cm³/mol. The molecular formula is C20H37N. The number of hydrogen-bond donors (Lipinski definition) is 1. The van der Waals surface area contributed by atoms with Crippen molar-refractivity contribution < 1.29 is 0 Å². The van der Waals surface area contributed by atoms with Gasteiger partial charge in [-0.25, -0.2) is 0 Å². The van der Waals surface area contributed by atoms with Crippen LogP contribution in [0.15, 0.2) is 0 Å². The van der Waals surface area contributed by atoms with Crippen LogP contribution < -0.4 is 5.32 Å². The number of hydrogen-bond acceptors (Lipinski definition) is 1. The Hall–Kier alpha value is -0.0400. The van der Waals surface area contributed by atoms with Crippen molar-refractivity contribution in [1.29, 1.82) is 0 Å². The van der Waals surface area contributed by atoms with E-state index in [1.165, 1.54) is 32.2 Å². The summed E-state index contributed by atoms with van der Waals surface area (Å²) in [4.78, 5) is 0. The Morgan fingerprint density at radius 1 is 0.905 bits per heavy atom. The maximum atomic E-state index is 3.74. The van der Waals surface area contributed by atoms with Crippen molar-refractivity contribution in [2.75, 3.05) is 6.54 Å². The maximum absolute atomic E-state index is 3.74. The Bertz CT molecular complexity index is 324. The highest BCUT2D eigenvalue weighted by atomic mass is 14.9. The fourth-order valence-corrected chi connectivity index (χ4v) is 5.79. The van der Waals surface area contributed by atoms with Crippen LogP contribution in [0.3, 0.4) is 0 Å². The second kappa shape index (κ2) is 7.02. The molecule has 6 unspecified atom stereocenters. The molecule has 122 valence electrons. The molecule has 3 rings (SSSR count). The Morgan fingerprint density at radius 3 is 2.38 bits per heavy atom. The zero-order valence-electron chi connectivity index (χ0n) is 14.6. The van der Waals surface area contributed by atoms with Gasteiger partial charge in [-0.1, -0.05) is 40.0 Å². The van der Waals surface area contributed by atoms with Gasteiger partial charge in [0.05, 0.1) is 0 Å². The molecule has 0 aromatic heterocycles. The molecule has 0 amide bonds. The molecule has 2 bridgehead atoms. The van der Waals surface area contributed by atoms with Crippen LogP contribution >= 0.6 is 0 Å². The SMILES string of the molecule is CCC1CCC(CNC(C)C)C(CC2CC3CCC2C3)C1. The third kappa shape index (κ3) is 3.84. The minimum atomic E-state index is 0.650. The molecule has 0 aromatic carbocycles. The molecule has 0 aliphatic heterocycles. The van der Waals surface area contributed by atoms with E-state index in [4.69, 9.17) is 0 Å². The fourth-order valence-electron chi connectivity index (χ4n) is 5.79. The number of fused-ring (bicyclic) bond motifs is 2. The second-order valence-corrected chi connectivity index (χ2v) is 8.84.